The van der Waals surface area contributed by atoms with Gasteiger partial charge in [0.1, 0.15) is 18.5 Å². The monoisotopic (exact) mass is 372 g/mol. The average Bonchev–Trinajstić information content (AvgIpc) is 2.72. The maximum Gasteiger partial charge on any atom is 0.407 e. The molecule has 144 valence electrons. The Kier molecular flexibility index (Phi) is 5.93. The molecule has 2 heterocycles. The number of pyridine rings is 1. The number of carboxylic acid groups (broad SMARTS) is 1. The second-order valence-corrected chi connectivity index (χ2v) is 6.88. The number of rotatable bonds is 6. The zero-order chi connectivity index (χ0) is 19.3. The van der Waals surface area contributed by atoms with Crippen molar-refractivity contribution in [1.82, 2.24) is 9.88 Å². The number of piperidine rings is 1. The molecule has 1 unspecified atom stereocenters. The van der Waals surface area contributed by atoms with Crippen LogP contribution < -0.4 is 4.74 Å². The van der Waals surface area contributed by atoms with E-state index in [1.165, 1.54) is 4.90 Å². The number of hydrogen-bond donors (Lipinski definition) is 3. The maximum atomic E-state index is 11.1. The molecule has 0 spiro atoms. The Morgan fingerprint density at radius 1 is 1.22 bits per heavy atom. The molecule has 0 bridgehead atoms. The van der Waals surface area contributed by atoms with Crippen molar-refractivity contribution in [2.75, 3.05) is 19.7 Å². The number of aromatic nitrogens is 1. The molecule has 1 aliphatic rings. The minimum Gasteiger partial charge on any atom is -0.489 e. The van der Waals surface area contributed by atoms with Gasteiger partial charge in [0.15, 0.2) is 0 Å². The predicted octanol–water partition coefficient (Wildman–Crippen LogP) is 2.45. The Bertz CT molecular complexity index is 760. The smallest absolute Gasteiger partial charge is 0.407 e. The summed E-state index contributed by atoms with van der Waals surface area (Å²) in [6.45, 7) is 0.714. The number of carbonyl (C=O) groups is 1. The lowest BCUT2D eigenvalue weighted by molar-refractivity contribution is -0.0587. The fourth-order valence-corrected chi connectivity index (χ4v) is 3.38. The number of amides is 1. The highest BCUT2D eigenvalue weighted by molar-refractivity contribution is 5.65. The lowest BCUT2D eigenvalue weighted by Crippen LogP contribution is -2.47. The number of likely N-dealkylation sites (tertiary alicyclic amines) is 1. The van der Waals surface area contributed by atoms with Crippen LogP contribution in [0, 0.1) is 5.41 Å². The van der Waals surface area contributed by atoms with Gasteiger partial charge >= 0.3 is 6.09 Å². The fourth-order valence-electron chi connectivity index (χ4n) is 3.38. The van der Waals surface area contributed by atoms with Crippen LogP contribution in [0.1, 0.15) is 30.2 Å². The molecule has 2 aromatic rings. The normalized spacial score (nSPS) is 17.3. The number of hydrogen-bond acceptors (Lipinski definition) is 5. The van der Waals surface area contributed by atoms with Crippen molar-refractivity contribution in [1.29, 1.82) is 0 Å². The topological polar surface area (TPSA) is 103 Å². The maximum absolute atomic E-state index is 11.1. The van der Waals surface area contributed by atoms with E-state index in [9.17, 15) is 15.0 Å². The lowest BCUT2D eigenvalue weighted by atomic mass is 9.73. The molecular weight excluding hydrogens is 348 g/mol. The zero-order valence-electron chi connectivity index (χ0n) is 15.0. The van der Waals surface area contributed by atoms with Gasteiger partial charge in [0.05, 0.1) is 12.3 Å². The Morgan fingerprint density at radius 3 is 2.56 bits per heavy atom. The van der Waals surface area contributed by atoms with E-state index in [-0.39, 0.29) is 19.7 Å². The fraction of sp³-hybridized carbons (Fsp3) is 0.400. The first-order valence-electron chi connectivity index (χ1n) is 8.93. The van der Waals surface area contributed by atoms with Gasteiger partial charge in [0.25, 0.3) is 0 Å². The molecule has 0 saturated carbocycles. The van der Waals surface area contributed by atoms with Gasteiger partial charge in [-0.1, -0.05) is 30.3 Å². The first kappa shape index (κ1) is 19.1. The van der Waals surface area contributed by atoms with Crippen LogP contribution in [0.15, 0.2) is 48.7 Å². The van der Waals surface area contributed by atoms with E-state index < -0.39 is 17.6 Å². The van der Waals surface area contributed by atoms with Crippen LogP contribution in [-0.2, 0) is 6.61 Å². The first-order valence-corrected chi connectivity index (χ1v) is 8.93. The molecule has 7 heteroatoms. The van der Waals surface area contributed by atoms with Crippen molar-refractivity contribution in [2.24, 2.45) is 5.41 Å². The summed E-state index contributed by atoms with van der Waals surface area (Å²) in [5.74, 6) is 0.582. The van der Waals surface area contributed by atoms with E-state index in [0.717, 1.165) is 5.56 Å². The zero-order valence-corrected chi connectivity index (χ0v) is 15.0. The van der Waals surface area contributed by atoms with E-state index in [4.69, 9.17) is 9.84 Å². The summed E-state index contributed by atoms with van der Waals surface area (Å²) >= 11 is 0. The van der Waals surface area contributed by atoms with Crippen LogP contribution in [0.3, 0.4) is 0 Å². The number of benzene rings is 1. The number of nitrogens with zero attached hydrogens (tertiary/aromatic N) is 2. The van der Waals surface area contributed by atoms with Gasteiger partial charge in [-0.15, -0.1) is 0 Å². The van der Waals surface area contributed by atoms with Crippen molar-refractivity contribution >= 4 is 6.09 Å². The third kappa shape index (κ3) is 4.37. The minimum atomic E-state index is -1.00. The Labute approximate surface area is 157 Å². The molecule has 1 aromatic carbocycles. The molecule has 0 aliphatic carbocycles. The van der Waals surface area contributed by atoms with E-state index >= 15 is 0 Å². The Balaban J connectivity index is 1.70. The third-order valence-electron chi connectivity index (χ3n) is 5.21. The van der Waals surface area contributed by atoms with Gasteiger partial charge < -0.3 is 25.0 Å². The summed E-state index contributed by atoms with van der Waals surface area (Å²) in [5.41, 5.74) is 0.638. The van der Waals surface area contributed by atoms with Gasteiger partial charge in [-0.05, 0) is 24.5 Å². The average molecular weight is 372 g/mol. The lowest BCUT2D eigenvalue weighted by Gasteiger charge is -2.42. The molecule has 3 N–H and O–H groups in total. The molecule has 1 amide bonds. The highest BCUT2D eigenvalue weighted by Crippen LogP contribution is 2.42. The minimum absolute atomic E-state index is 0.238. The number of ether oxygens (including phenoxy) is 1. The van der Waals surface area contributed by atoms with Gasteiger partial charge in [-0.2, -0.15) is 0 Å². The van der Waals surface area contributed by atoms with Crippen LogP contribution in [0.4, 0.5) is 4.79 Å². The number of aliphatic hydroxyl groups excluding tert-OH is 2. The molecule has 3 rings (SSSR count). The van der Waals surface area contributed by atoms with Crippen LogP contribution in [0.25, 0.3) is 0 Å². The summed E-state index contributed by atoms with van der Waals surface area (Å²) in [6, 6.07) is 13.1. The highest BCUT2D eigenvalue weighted by Gasteiger charge is 2.42. The first-order chi connectivity index (χ1) is 13.0. The molecule has 0 radical (unpaired) electrons. The standard InChI is InChI=1S/C20H24N2O5/c23-14-20(7-10-22(11-8-20)19(25)26)18(24)17-12-16(6-9-21-17)27-13-15-4-2-1-3-5-15/h1-6,9,12,18,23-24H,7-8,10-11,13-14H2,(H,25,26). The van der Waals surface area contributed by atoms with Crippen molar-refractivity contribution in [3.05, 3.63) is 59.9 Å². The number of aliphatic hydroxyl groups is 2. The predicted molar refractivity (Wildman–Crippen MR) is 98.3 cm³/mol. The third-order valence-corrected chi connectivity index (χ3v) is 5.21. The van der Waals surface area contributed by atoms with Crippen LogP contribution >= 0.6 is 0 Å². The Morgan fingerprint density at radius 2 is 1.93 bits per heavy atom. The van der Waals surface area contributed by atoms with E-state index in [1.54, 1.807) is 18.3 Å². The van der Waals surface area contributed by atoms with Crippen LogP contribution in [0.2, 0.25) is 0 Å². The molecule has 27 heavy (non-hydrogen) atoms. The van der Waals surface area contributed by atoms with Gasteiger partial charge in [0, 0.05) is 30.8 Å². The van der Waals surface area contributed by atoms with Crippen molar-refractivity contribution in [3.8, 4) is 5.75 Å². The van der Waals surface area contributed by atoms with Crippen molar-refractivity contribution < 1.29 is 24.9 Å². The SMILES string of the molecule is O=C(O)N1CCC(CO)(C(O)c2cc(OCc3ccccc3)ccn2)CC1. The van der Waals surface area contributed by atoms with Gasteiger partial charge in [-0.25, -0.2) is 4.79 Å². The second kappa shape index (κ2) is 8.37. The second-order valence-electron chi connectivity index (χ2n) is 6.88. The van der Waals surface area contributed by atoms with Crippen LogP contribution in [-0.4, -0.2) is 51.0 Å². The summed E-state index contributed by atoms with van der Waals surface area (Å²) in [5, 5.41) is 29.9. The summed E-state index contributed by atoms with van der Waals surface area (Å²) < 4.78 is 5.79. The van der Waals surface area contributed by atoms with Gasteiger partial charge in [-0.3, -0.25) is 4.98 Å². The summed E-state index contributed by atoms with van der Waals surface area (Å²) in [7, 11) is 0. The Hall–Kier alpha value is -2.64. The molecule has 1 atom stereocenters. The van der Waals surface area contributed by atoms with Crippen molar-refractivity contribution in [3.63, 3.8) is 0 Å². The summed E-state index contributed by atoms with van der Waals surface area (Å²) in [4.78, 5) is 16.6. The molecule has 1 fully saturated rings. The molecule has 1 saturated heterocycles. The molecule has 1 aliphatic heterocycles. The highest BCUT2D eigenvalue weighted by atomic mass is 16.5. The molecule has 1 aromatic heterocycles. The summed E-state index contributed by atoms with van der Waals surface area (Å²) in [6.07, 6.45) is 0.321. The molecular formula is C20H24N2O5. The van der Waals surface area contributed by atoms with E-state index in [0.29, 0.717) is 30.9 Å². The van der Waals surface area contributed by atoms with Crippen LogP contribution in [0.5, 0.6) is 5.75 Å². The van der Waals surface area contributed by atoms with Crippen molar-refractivity contribution in [2.45, 2.75) is 25.6 Å². The largest absolute Gasteiger partial charge is 0.489 e. The van der Waals surface area contributed by atoms with E-state index in [2.05, 4.69) is 4.98 Å². The van der Waals surface area contributed by atoms with Gasteiger partial charge in [0.2, 0.25) is 0 Å². The van der Waals surface area contributed by atoms with E-state index in [1.807, 2.05) is 30.3 Å². The quantitative estimate of drug-likeness (QED) is 0.720. The molecule has 7 nitrogen and oxygen atoms in total.